The van der Waals surface area contributed by atoms with Gasteiger partial charge in [-0.15, -0.1) is 0 Å². The molecular formula is C20H16Cl2F3N5O5. The average molecular weight is 534 g/mol. The number of ether oxygens (including phenoxy) is 2. The van der Waals surface area contributed by atoms with Crippen molar-refractivity contribution in [2.75, 3.05) is 18.7 Å². The van der Waals surface area contributed by atoms with E-state index in [-0.39, 0.29) is 33.8 Å². The van der Waals surface area contributed by atoms with Gasteiger partial charge in [-0.3, -0.25) is 20.3 Å². The van der Waals surface area contributed by atoms with Crippen LogP contribution >= 0.6 is 23.2 Å². The van der Waals surface area contributed by atoms with Gasteiger partial charge in [0, 0.05) is 6.07 Å². The van der Waals surface area contributed by atoms with Gasteiger partial charge in [-0.25, -0.2) is 18.0 Å². The first-order chi connectivity index (χ1) is 16.6. The van der Waals surface area contributed by atoms with Crippen LogP contribution in [0.1, 0.15) is 13.0 Å². The smallest absolute Gasteiger partial charge is 0.414 e. The van der Waals surface area contributed by atoms with Crippen molar-refractivity contribution < 1.29 is 32.2 Å². The zero-order valence-electron chi connectivity index (χ0n) is 17.7. The van der Waals surface area contributed by atoms with Crippen LogP contribution < -0.4 is 21.0 Å². The molecule has 1 atom stereocenters. The van der Waals surface area contributed by atoms with Gasteiger partial charge in [-0.05, 0) is 25.1 Å². The maximum atomic E-state index is 13.0. The maximum absolute atomic E-state index is 13.0. The highest BCUT2D eigenvalue weighted by Gasteiger charge is 2.24. The van der Waals surface area contributed by atoms with Crippen molar-refractivity contribution in [3.05, 3.63) is 50.9 Å². The van der Waals surface area contributed by atoms with Crippen LogP contribution in [0.25, 0.3) is 0 Å². The summed E-state index contributed by atoms with van der Waals surface area (Å²) in [4.78, 5) is 35.0. The molecule has 0 aliphatic heterocycles. The number of halogens is 5. The fraction of sp³-hybridized carbons (Fsp3) is 0.250. The highest BCUT2D eigenvalue weighted by Crippen LogP contribution is 2.38. The number of nitrogens with one attached hydrogen (secondary N) is 2. The summed E-state index contributed by atoms with van der Waals surface area (Å²) in [5.41, 5.74) is 0.886. The third-order valence-electron chi connectivity index (χ3n) is 4.04. The van der Waals surface area contributed by atoms with Crippen LogP contribution in [-0.4, -0.2) is 42.0 Å². The minimum absolute atomic E-state index is 0.00545. The van der Waals surface area contributed by atoms with Crippen molar-refractivity contribution in [2.24, 2.45) is 5.10 Å². The molecule has 1 heterocycles. The summed E-state index contributed by atoms with van der Waals surface area (Å²) in [6.45, 7) is 0.0457. The number of aromatic nitrogens is 1. The van der Waals surface area contributed by atoms with E-state index in [4.69, 9.17) is 33.2 Å². The fourth-order valence-corrected chi connectivity index (χ4v) is 3.04. The van der Waals surface area contributed by atoms with Crippen molar-refractivity contribution >= 4 is 46.6 Å². The van der Waals surface area contributed by atoms with Crippen molar-refractivity contribution in [3.8, 4) is 17.6 Å². The number of rotatable bonds is 9. The summed E-state index contributed by atoms with van der Waals surface area (Å²) in [5, 5.41) is 14.2. The van der Waals surface area contributed by atoms with E-state index in [0.717, 1.165) is 18.3 Å². The Morgan fingerprint density at radius 3 is 2.46 bits per heavy atom. The van der Waals surface area contributed by atoms with Crippen LogP contribution in [-0.2, 0) is 9.53 Å². The second-order valence-corrected chi connectivity index (χ2v) is 7.21. The van der Waals surface area contributed by atoms with Crippen molar-refractivity contribution in [3.63, 3.8) is 0 Å². The topological polar surface area (TPSA) is 135 Å². The minimum atomic E-state index is -3.14. The Labute approximate surface area is 205 Å². The van der Waals surface area contributed by atoms with E-state index in [1.165, 1.54) is 25.1 Å². The van der Waals surface area contributed by atoms with E-state index in [0.29, 0.717) is 4.57 Å². The Morgan fingerprint density at radius 1 is 1.26 bits per heavy atom. The van der Waals surface area contributed by atoms with E-state index < -0.39 is 42.4 Å². The molecule has 35 heavy (non-hydrogen) atoms. The van der Waals surface area contributed by atoms with Gasteiger partial charge in [-0.1, -0.05) is 23.2 Å². The Bertz CT molecular complexity index is 1210. The van der Waals surface area contributed by atoms with E-state index in [1.807, 2.05) is 0 Å². The molecule has 186 valence electrons. The Hall–Kier alpha value is -3.76. The third kappa shape index (κ3) is 7.36. The monoisotopic (exact) mass is 533 g/mol. The summed E-state index contributed by atoms with van der Waals surface area (Å²) < 4.78 is 49.6. The van der Waals surface area contributed by atoms with Crippen molar-refractivity contribution in [1.29, 1.82) is 5.26 Å². The molecule has 0 aliphatic rings. The van der Waals surface area contributed by atoms with Crippen molar-refractivity contribution in [2.45, 2.75) is 19.4 Å². The van der Waals surface area contributed by atoms with E-state index in [2.05, 4.69) is 15.3 Å². The number of hydrazone groups is 1. The Morgan fingerprint density at radius 2 is 1.91 bits per heavy atom. The SMILES string of the molecule is CCOC(=O)NC(=O)C(C#N)=NNc1cc(Cl)c(Oc2ccc(=O)n(C(CF)C(F)F)c2)c(Cl)c1. The number of hydrogen-bond acceptors (Lipinski definition) is 8. The van der Waals surface area contributed by atoms with E-state index in [1.54, 1.807) is 5.32 Å². The van der Waals surface area contributed by atoms with Crippen LogP contribution in [0.3, 0.4) is 0 Å². The molecule has 15 heteroatoms. The van der Waals surface area contributed by atoms with Gasteiger partial charge in [0.25, 0.3) is 17.9 Å². The number of alkyl carbamates (subject to hydrolysis) is 1. The Balaban J connectivity index is 2.24. The number of anilines is 1. The number of benzene rings is 1. The second-order valence-electron chi connectivity index (χ2n) is 6.40. The highest BCUT2D eigenvalue weighted by atomic mass is 35.5. The lowest BCUT2D eigenvalue weighted by Crippen LogP contribution is -2.36. The first-order valence-corrected chi connectivity index (χ1v) is 10.3. The molecule has 0 radical (unpaired) electrons. The fourth-order valence-electron chi connectivity index (χ4n) is 2.47. The van der Waals surface area contributed by atoms with Gasteiger partial charge < -0.3 is 14.0 Å². The molecule has 1 unspecified atom stereocenters. The number of carbonyl (C=O) groups excluding carboxylic acids is 2. The van der Waals surface area contributed by atoms with Gasteiger partial charge >= 0.3 is 6.09 Å². The van der Waals surface area contributed by atoms with Crippen LogP contribution in [0, 0.1) is 11.3 Å². The lowest BCUT2D eigenvalue weighted by atomic mass is 10.3. The molecule has 0 saturated heterocycles. The third-order valence-corrected chi connectivity index (χ3v) is 4.61. The lowest BCUT2D eigenvalue weighted by Gasteiger charge is -2.17. The van der Waals surface area contributed by atoms with Gasteiger partial charge in [0.2, 0.25) is 5.71 Å². The molecule has 2 amide bonds. The highest BCUT2D eigenvalue weighted by molar-refractivity contribution is 6.47. The van der Waals surface area contributed by atoms with Gasteiger partial charge in [-0.2, -0.15) is 10.4 Å². The van der Waals surface area contributed by atoms with Crippen LogP contribution in [0.4, 0.5) is 23.7 Å². The summed E-state index contributed by atoms with van der Waals surface area (Å²) >= 11 is 12.3. The first kappa shape index (κ1) is 27.5. The predicted octanol–water partition coefficient (Wildman–Crippen LogP) is 4.29. The van der Waals surface area contributed by atoms with Crippen LogP contribution in [0.15, 0.2) is 40.4 Å². The average Bonchev–Trinajstić information content (AvgIpc) is 2.79. The quantitative estimate of drug-likeness (QED) is 0.362. The minimum Gasteiger partial charge on any atom is -0.453 e. The summed E-state index contributed by atoms with van der Waals surface area (Å²) in [5.74, 6) is -1.39. The van der Waals surface area contributed by atoms with Gasteiger partial charge in [0.15, 0.2) is 5.75 Å². The molecule has 0 fully saturated rings. The number of imide groups is 1. The first-order valence-electron chi connectivity index (χ1n) is 9.56. The molecule has 0 spiro atoms. The molecule has 1 aromatic heterocycles. The molecule has 0 bridgehead atoms. The zero-order chi connectivity index (χ0) is 26.1. The number of nitrogens with zero attached hydrogens (tertiary/aromatic N) is 3. The standard InChI is InChI=1S/C20H16Cl2F3N5O5/c1-2-34-20(33)27-19(32)14(8-26)29-28-10-5-12(21)17(13(22)6-10)35-11-3-4-16(31)30(9-11)15(7-23)18(24)25/h3-6,9,15,18,28H,2,7H2,1H3,(H,27,32,33). The predicted molar refractivity (Wildman–Crippen MR) is 120 cm³/mol. The molecule has 2 aromatic rings. The molecule has 10 nitrogen and oxygen atoms in total. The number of carbonyl (C=O) groups is 2. The van der Waals surface area contributed by atoms with Gasteiger partial charge in [0.1, 0.15) is 24.5 Å². The number of hydrogen-bond donors (Lipinski definition) is 2. The largest absolute Gasteiger partial charge is 0.453 e. The number of pyridine rings is 1. The molecule has 2 rings (SSSR count). The summed E-state index contributed by atoms with van der Waals surface area (Å²) in [6.07, 6.45) is -3.31. The maximum Gasteiger partial charge on any atom is 0.414 e. The Kier molecular flexibility index (Phi) is 9.92. The zero-order valence-corrected chi connectivity index (χ0v) is 19.2. The molecule has 2 N–H and O–H groups in total. The molecule has 0 saturated carbocycles. The number of alkyl halides is 3. The summed E-state index contributed by atoms with van der Waals surface area (Å²) in [6, 6.07) is 4.04. The number of amides is 2. The van der Waals surface area contributed by atoms with Crippen LogP contribution in [0.5, 0.6) is 11.5 Å². The number of nitriles is 1. The molecular weight excluding hydrogens is 518 g/mol. The molecule has 0 aliphatic carbocycles. The second kappa shape index (κ2) is 12.6. The normalized spacial score (nSPS) is 12.0. The van der Waals surface area contributed by atoms with E-state index in [9.17, 15) is 27.6 Å². The van der Waals surface area contributed by atoms with Crippen LogP contribution in [0.2, 0.25) is 10.0 Å². The van der Waals surface area contributed by atoms with Gasteiger partial charge in [0.05, 0.1) is 28.5 Å². The lowest BCUT2D eigenvalue weighted by molar-refractivity contribution is -0.114. The molecule has 1 aromatic carbocycles. The van der Waals surface area contributed by atoms with Crippen molar-refractivity contribution in [1.82, 2.24) is 9.88 Å². The summed E-state index contributed by atoms with van der Waals surface area (Å²) in [7, 11) is 0. The van der Waals surface area contributed by atoms with E-state index >= 15 is 0 Å².